The molecule has 1 aromatic rings. The van der Waals surface area contributed by atoms with Crippen molar-refractivity contribution in [1.29, 1.82) is 0 Å². The maximum Gasteiger partial charge on any atom is 0.327 e. The lowest BCUT2D eigenvalue weighted by Gasteiger charge is -2.25. The van der Waals surface area contributed by atoms with Crippen molar-refractivity contribution in [2.75, 3.05) is 17.8 Å². The fourth-order valence-corrected chi connectivity index (χ4v) is 3.75. The average Bonchev–Trinajstić information content (AvgIpc) is 2.83. The minimum Gasteiger partial charge on any atom is -0.508 e. The van der Waals surface area contributed by atoms with Crippen molar-refractivity contribution in [2.24, 2.45) is 5.73 Å². The van der Waals surface area contributed by atoms with Gasteiger partial charge in [-0.15, -0.1) is 0 Å². The normalized spacial score (nSPS) is 14.1. The molecule has 4 unspecified atom stereocenters. The van der Waals surface area contributed by atoms with Crippen molar-refractivity contribution in [2.45, 2.75) is 49.9 Å². The second kappa shape index (κ2) is 15.9. The lowest BCUT2D eigenvalue weighted by molar-refractivity contribution is -0.141. The number of hydrogen-bond acceptors (Lipinski definition) is 9. The van der Waals surface area contributed by atoms with Gasteiger partial charge in [0.25, 0.3) is 0 Å². The molecule has 0 saturated heterocycles. The number of carboxylic acids is 2. The third kappa shape index (κ3) is 11.2. The van der Waals surface area contributed by atoms with Gasteiger partial charge in [-0.25, -0.2) is 4.79 Å². The number of aliphatic carboxylic acids is 2. The molecule has 0 heterocycles. The van der Waals surface area contributed by atoms with E-state index in [2.05, 4.69) is 28.6 Å². The van der Waals surface area contributed by atoms with Gasteiger partial charge in [0.05, 0.1) is 6.04 Å². The zero-order valence-electron chi connectivity index (χ0n) is 19.7. The number of carbonyl (C=O) groups is 5. The molecule has 3 amide bonds. The number of nitrogens with two attached hydrogens (primary N) is 1. The number of amides is 3. The van der Waals surface area contributed by atoms with Gasteiger partial charge < -0.3 is 37.0 Å². The average molecular weight is 545 g/mol. The summed E-state index contributed by atoms with van der Waals surface area (Å²) in [6, 6.07) is 1.28. The minimum absolute atomic E-state index is 0.0475. The van der Waals surface area contributed by atoms with E-state index in [1.807, 2.05) is 0 Å². The van der Waals surface area contributed by atoms with Crippen LogP contribution < -0.4 is 21.7 Å². The summed E-state index contributed by atoms with van der Waals surface area (Å²) in [4.78, 5) is 60.6. The molecule has 0 aromatic heterocycles. The third-order valence-electron chi connectivity index (χ3n) is 5.05. The van der Waals surface area contributed by atoms with Crippen molar-refractivity contribution >= 4 is 54.1 Å². The maximum atomic E-state index is 13.0. The second-order valence-corrected chi connectivity index (χ2v) is 9.25. The predicted octanol–water partition coefficient (Wildman–Crippen LogP) is -0.651. The highest BCUT2D eigenvalue weighted by Crippen LogP contribution is 2.11. The summed E-state index contributed by atoms with van der Waals surface area (Å²) in [7, 11) is 0. The molecule has 8 N–H and O–H groups in total. The summed E-state index contributed by atoms with van der Waals surface area (Å²) < 4.78 is 0. The molecule has 0 fully saturated rings. The van der Waals surface area contributed by atoms with Crippen LogP contribution in [0.5, 0.6) is 5.75 Å². The smallest absolute Gasteiger partial charge is 0.327 e. The Morgan fingerprint density at radius 2 is 1.44 bits per heavy atom. The van der Waals surface area contributed by atoms with Crippen molar-refractivity contribution in [3.63, 3.8) is 0 Å². The molecule has 4 atom stereocenters. The van der Waals surface area contributed by atoms with Crippen LogP contribution in [-0.2, 0) is 30.4 Å². The molecule has 0 aliphatic heterocycles. The van der Waals surface area contributed by atoms with Crippen LogP contribution in [-0.4, -0.2) is 86.9 Å². The molecule has 0 saturated carbocycles. The van der Waals surface area contributed by atoms with E-state index in [1.165, 1.54) is 23.9 Å². The van der Waals surface area contributed by atoms with Gasteiger partial charge in [0.15, 0.2) is 0 Å². The first-order valence-corrected chi connectivity index (χ1v) is 13.0. The van der Waals surface area contributed by atoms with Crippen LogP contribution in [0.1, 0.15) is 24.8 Å². The molecule has 36 heavy (non-hydrogen) atoms. The summed E-state index contributed by atoms with van der Waals surface area (Å²) in [5.74, 6) is -4.40. The number of thioether (sulfide) groups is 1. The second-order valence-electron chi connectivity index (χ2n) is 7.90. The van der Waals surface area contributed by atoms with E-state index in [0.717, 1.165) is 0 Å². The summed E-state index contributed by atoms with van der Waals surface area (Å²) in [5.41, 5.74) is 6.61. The van der Waals surface area contributed by atoms with Gasteiger partial charge in [-0.2, -0.15) is 24.4 Å². The number of phenolic OH excluding ortho intramolecular Hbond substituents is 1. The van der Waals surface area contributed by atoms with Gasteiger partial charge in [0, 0.05) is 12.2 Å². The predicted molar refractivity (Wildman–Crippen MR) is 137 cm³/mol. The lowest BCUT2D eigenvalue weighted by atomic mass is 10.0. The molecule has 0 radical (unpaired) electrons. The standard InChI is InChI=1S/C22H32N4O8S2/c1-36-9-8-16(21(32)26-17(11-35)22(33)34)25-20(31)15(6-7-18(28)29)24-19(30)14(23)10-12-2-4-13(27)5-3-12/h2-5,14-17,27,35H,6-11,23H2,1H3,(H,24,30)(H,25,31)(H,26,32)(H,28,29)(H,33,34). The fourth-order valence-electron chi connectivity index (χ4n) is 3.03. The summed E-state index contributed by atoms with van der Waals surface area (Å²) in [6.45, 7) is 0. The van der Waals surface area contributed by atoms with E-state index < -0.39 is 60.2 Å². The van der Waals surface area contributed by atoms with Crippen LogP contribution in [0.2, 0.25) is 0 Å². The summed E-state index contributed by atoms with van der Waals surface area (Å²) in [6.07, 6.45) is 1.35. The molecule has 1 rings (SSSR count). The Balaban J connectivity index is 2.95. The number of carboxylic acid groups (broad SMARTS) is 2. The Labute approximate surface area is 218 Å². The van der Waals surface area contributed by atoms with Crippen molar-refractivity contribution in [3.05, 3.63) is 29.8 Å². The molecule has 0 spiro atoms. The van der Waals surface area contributed by atoms with E-state index in [4.69, 9.17) is 15.9 Å². The molecule has 12 nitrogen and oxygen atoms in total. The monoisotopic (exact) mass is 544 g/mol. The molecule has 1 aromatic carbocycles. The topological polar surface area (TPSA) is 208 Å². The number of hydrogen-bond donors (Lipinski definition) is 8. The van der Waals surface area contributed by atoms with Crippen LogP contribution in [0, 0.1) is 0 Å². The molecule has 200 valence electrons. The number of thiol groups is 1. The van der Waals surface area contributed by atoms with Gasteiger partial charge >= 0.3 is 11.9 Å². The SMILES string of the molecule is CSCCC(NC(=O)C(CCC(=O)O)NC(=O)C(N)Cc1ccc(O)cc1)C(=O)NC(CS)C(=O)O. The van der Waals surface area contributed by atoms with Gasteiger partial charge in [-0.3, -0.25) is 19.2 Å². The Hall–Kier alpha value is -2.97. The maximum absolute atomic E-state index is 13.0. The van der Waals surface area contributed by atoms with Gasteiger partial charge in [-0.05, 0) is 49.0 Å². The van der Waals surface area contributed by atoms with Crippen LogP contribution in [0.25, 0.3) is 0 Å². The summed E-state index contributed by atoms with van der Waals surface area (Å²) in [5, 5.41) is 34.8. The molecular formula is C22H32N4O8S2. The quantitative estimate of drug-likeness (QED) is 0.123. The van der Waals surface area contributed by atoms with Crippen LogP contribution in [0.3, 0.4) is 0 Å². The summed E-state index contributed by atoms with van der Waals surface area (Å²) >= 11 is 5.30. The van der Waals surface area contributed by atoms with Gasteiger partial charge in [0.2, 0.25) is 17.7 Å². The molecule has 14 heteroatoms. The lowest BCUT2D eigenvalue weighted by Crippen LogP contribution is -2.57. The highest BCUT2D eigenvalue weighted by Gasteiger charge is 2.30. The van der Waals surface area contributed by atoms with E-state index >= 15 is 0 Å². The van der Waals surface area contributed by atoms with E-state index in [-0.39, 0.29) is 30.8 Å². The zero-order valence-corrected chi connectivity index (χ0v) is 21.4. The van der Waals surface area contributed by atoms with Crippen LogP contribution in [0.4, 0.5) is 0 Å². The third-order valence-corrected chi connectivity index (χ3v) is 6.06. The van der Waals surface area contributed by atoms with Crippen molar-refractivity contribution in [3.8, 4) is 5.75 Å². The Morgan fingerprint density at radius 1 is 0.917 bits per heavy atom. The van der Waals surface area contributed by atoms with E-state index in [1.54, 1.807) is 18.4 Å². The van der Waals surface area contributed by atoms with Gasteiger partial charge in [0.1, 0.15) is 23.9 Å². The first kappa shape index (κ1) is 31.1. The highest BCUT2D eigenvalue weighted by molar-refractivity contribution is 7.98. The number of carbonyl (C=O) groups excluding carboxylic acids is 3. The van der Waals surface area contributed by atoms with Crippen molar-refractivity contribution < 1.29 is 39.3 Å². The largest absolute Gasteiger partial charge is 0.508 e. The zero-order chi connectivity index (χ0) is 27.3. The van der Waals surface area contributed by atoms with Gasteiger partial charge in [-0.1, -0.05) is 12.1 Å². The van der Waals surface area contributed by atoms with E-state index in [0.29, 0.717) is 11.3 Å². The number of nitrogens with one attached hydrogen (secondary N) is 3. The number of phenols is 1. The number of benzene rings is 1. The first-order valence-electron chi connectivity index (χ1n) is 11.0. The molecule has 0 bridgehead atoms. The Bertz CT molecular complexity index is 916. The molecular weight excluding hydrogens is 512 g/mol. The fraction of sp³-hybridized carbons (Fsp3) is 0.500. The Morgan fingerprint density at radius 3 is 1.94 bits per heavy atom. The van der Waals surface area contributed by atoms with Crippen molar-refractivity contribution in [1.82, 2.24) is 16.0 Å². The highest BCUT2D eigenvalue weighted by atomic mass is 32.2. The number of rotatable bonds is 16. The minimum atomic E-state index is -1.30. The first-order chi connectivity index (χ1) is 17.0. The van der Waals surface area contributed by atoms with Crippen LogP contribution >= 0.6 is 24.4 Å². The Kier molecular flexibility index (Phi) is 13.7. The number of aromatic hydroxyl groups is 1. The van der Waals surface area contributed by atoms with E-state index in [9.17, 15) is 29.1 Å². The van der Waals surface area contributed by atoms with Crippen LogP contribution in [0.15, 0.2) is 24.3 Å². The molecule has 0 aliphatic rings. The molecule has 0 aliphatic carbocycles.